The largest absolute Gasteiger partial charge is 0.412 e. The number of aliphatic hydroxyl groups is 4. The van der Waals surface area contributed by atoms with Gasteiger partial charge >= 0.3 is 0 Å². The van der Waals surface area contributed by atoms with Crippen molar-refractivity contribution in [3.63, 3.8) is 0 Å². The Morgan fingerprint density at radius 3 is 2.48 bits per heavy atom. The van der Waals surface area contributed by atoms with Crippen molar-refractivity contribution in [1.82, 2.24) is 0 Å². The van der Waals surface area contributed by atoms with Gasteiger partial charge in [0.05, 0.1) is 30.8 Å². The summed E-state index contributed by atoms with van der Waals surface area (Å²) >= 11 is 0. The summed E-state index contributed by atoms with van der Waals surface area (Å²) in [6.45, 7) is 2.92. The first kappa shape index (κ1) is 17.0. The molecule has 2 bridgehead atoms. The fourth-order valence-electron chi connectivity index (χ4n) is 5.03. The molecule has 2 saturated heterocycles. The van der Waals surface area contributed by atoms with Gasteiger partial charge in [0, 0.05) is 5.41 Å². The number of carbonyl (C=O) groups excluding carboxylic acids is 1. The lowest BCUT2D eigenvalue weighted by molar-refractivity contribution is -0.253. The van der Waals surface area contributed by atoms with Gasteiger partial charge in [0.1, 0.15) is 23.9 Å². The number of ether oxygens (including phenoxy) is 2. The summed E-state index contributed by atoms with van der Waals surface area (Å²) in [4.78, 5) is 12.3. The number of rotatable bonds is 1. The maximum absolute atomic E-state index is 12.3. The van der Waals surface area contributed by atoms with Crippen LogP contribution < -0.4 is 0 Å². The van der Waals surface area contributed by atoms with Crippen molar-refractivity contribution in [1.29, 1.82) is 0 Å². The molecule has 3 fully saturated rings. The van der Waals surface area contributed by atoms with E-state index in [1.54, 1.807) is 19.9 Å². The number of hydrogen-bond acceptors (Lipinski definition) is 7. The molecular formula is C15H22O8. The molecular weight excluding hydrogens is 308 g/mol. The summed E-state index contributed by atoms with van der Waals surface area (Å²) in [5.74, 6) is -0.502. The Bertz CT molecular complexity index is 584. The van der Waals surface area contributed by atoms with Crippen molar-refractivity contribution < 1.29 is 40.2 Å². The van der Waals surface area contributed by atoms with Crippen LogP contribution in [0.2, 0.25) is 0 Å². The molecule has 1 spiro atoms. The molecule has 0 aromatic carbocycles. The Kier molecular flexibility index (Phi) is 3.40. The molecule has 8 atom stereocenters. The highest BCUT2D eigenvalue weighted by Gasteiger charge is 2.86. The Balaban J connectivity index is 0.00000156. The number of hydrogen-bond donors (Lipinski definition) is 4. The van der Waals surface area contributed by atoms with Crippen LogP contribution in [0.4, 0.5) is 0 Å². The Morgan fingerprint density at radius 2 is 1.96 bits per heavy atom. The molecule has 0 aromatic heterocycles. The van der Waals surface area contributed by atoms with E-state index in [1.807, 2.05) is 0 Å². The van der Waals surface area contributed by atoms with Crippen LogP contribution in [0.1, 0.15) is 13.8 Å². The molecule has 0 amide bonds. The van der Waals surface area contributed by atoms with Gasteiger partial charge in [-0.2, -0.15) is 0 Å². The summed E-state index contributed by atoms with van der Waals surface area (Å²) < 4.78 is 11.5. The third-order valence-corrected chi connectivity index (χ3v) is 6.58. The van der Waals surface area contributed by atoms with Gasteiger partial charge < -0.3 is 35.4 Å². The van der Waals surface area contributed by atoms with E-state index < -0.39 is 59.3 Å². The minimum atomic E-state index is -1.53. The summed E-state index contributed by atoms with van der Waals surface area (Å²) in [6.07, 6.45) is -3.96. The zero-order valence-corrected chi connectivity index (χ0v) is 12.9. The monoisotopic (exact) mass is 330 g/mol. The number of aliphatic hydroxyl groups excluding tert-OH is 4. The molecule has 0 radical (unpaired) electrons. The molecule has 0 unspecified atom stereocenters. The number of ketones is 1. The smallest absolute Gasteiger partial charge is 0.187 e. The topological polar surface area (TPSA) is 151 Å². The second-order valence-electron chi connectivity index (χ2n) is 7.11. The van der Waals surface area contributed by atoms with Gasteiger partial charge in [-0.1, -0.05) is 6.92 Å². The van der Waals surface area contributed by atoms with Crippen LogP contribution in [-0.2, 0) is 14.3 Å². The van der Waals surface area contributed by atoms with Gasteiger partial charge in [0.15, 0.2) is 5.78 Å². The zero-order chi connectivity index (χ0) is 16.1. The first-order chi connectivity index (χ1) is 10.3. The molecule has 6 N–H and O–H groups in total. The van der Waals surface area contributed by atoms with Gasteiger partial charge in [-0.3, -0.25) is 4.79 Å². The van der Waals surface area contributed by atoms with Gasteiger partial charge in [0.2, 0.25) is 0 Å². The first-order valence-corrected chi connectivity index (χ1v) is 7.45. The van der Waals surface area contributed by atoms with Crippen molar-refractivity contribution in [2.45, 2.75) is 50.0 Å². The third-order valence-electron chi connectivity index (χ3n) is 6.58. The Hall–Kier alpha value is -0.870. The van der Waals surface area contributed by atoms with E-state index in [4.69, 9.17) is 9.47 Å². The maximum atomic E-state index is 12.3. The summed E-state index contributed by atoms with van der Waals surface area (Å²) in [5.41, 5.74) is -3.28. The predicted molar refractivity (Wildman–Crippen MR) is 75.4 cm³/mol. The average molecular weight is 330 g/mol. The molecule has 2 heterocycles. The minimum absolute atomic E-state index is 0. The van der Waals surface area contributed by atoms with Gasteiger partial charge in [0.25, 0.3) is 0 Å². The fourth-order valence-corrected chi connectivity index (χ4v) is 5.03. The standard InChI is InChI=1S/C15H20O7.H2O/c1-6-3-7-14(4-16,11(20)8(6)17)13(2)10(19)9(18)12(22-7)15(13)5-21-15;/h3,7,9-12,16,18-20H,4-5H2,1-2H3;1H2/t7-,9-,10-,11-,12-,13-,14-,15+;/m1./s1. The van der Waals surface area contributed by atoms with Crippen LogP contribution in [0.15, 0.2) is 11.6 Å². The molecule has 2 aliphatic heterocycles. The lowest BCUT2D eigenvalue weighted by Crippen LogP contribution is -2.72. The quantitative estimate of drug-likeness (QED) is 0.382. The summed E-state index contributed by atoms with van der Waals surface area (Å²) in [6, 6.07) is 0. The van der Waals surface area contributed by atoms with Crippen LogP contribution in [0.25, 0.3) is 0 Å². The second kappa shape index (κ2) is 4.60. The summed E-state index contributed by atoms with van der Waals surface area (Å²) in [5, 5.41) is 41.8. The van der Waals surface area contributed by atoms with Crippen molar-refractivity contribution in [2.75, 3.05) is 13.2 Å². The van der Waals surface area contributed by atoms with Gasteiger partial charge in [-0.25, -0.2) is 0 Å². The molecule has 4 rings (SSSR count). The number of fused-ring (bicyclic) bond motifs is 2. The molecule has 8 nitrogen and oxygen atoms in total. The lowest BCUT2D eigenvalue weighted by Gasteiger charge is -2.58. The normalized spacial score (nSPS) is 56.9. The van der Waals surface area contributed by atoms with E-state index in [2.05, 4.69) is 0 Å². The molecule has 4 aliphatic rings. The van der Waals surface area contributed by atoms with Gasteiger partial charge in [-0.05, 0) is 18.6 Å². The van der Waals surface area contributed by atoms with Crippen LogP contribution in [-0.4, -0.2) is 81.0 Å². The number of epoxide rings is 1. The predicted octanol–water partition coefficient (Wildman–Crippen LogP) is -2.69. The zero-order valence-electron chi connectivity index (χ0n) is 12.9. The number of carbonyl (C=O) groups is 1. The molecule has 2 aliphatic carbocycles. The second-order valence-corrected chi connectivity index (χ2v) is 7.11. The summed E-state index contributed by atoms with van der Waals surface area (Å²) in [7, 11) is 0. The molecule has 8 heteroatoms. The average Bonchev–Trinajstić information content (AvgIpc) is 3.27. The van der Waals surface area contributed by atoms with E-state index in [9.17, 15) is 25.2 Å². The molecule has 23 heavy (non-hydrogen) atoms. The van der Waals surface area contributed by atoms with Crippen LogP contribution >= 0.6 is 0 Å². The van der Waals surface area contributed by atoms with Crippen molar-refractivity contribution in [3.8, 4) is 0 Å². The third kappa shape index (κ3) is 1.45. The van der Waals surface area contributed by atoms with E-state index in [0.29, 0.717) is 5.57 Å². The van der Waals surface area contributed by atoms with Crippen LogP contribution in [0, 0.1) is 10.8 Å². The minimum Gasteiger partial charge on any atom is -0.412 e. The maximum Gasteiger partial charge on any atom is 0.187 e. The van der Waals surface area contributed by atoms with E-state index in [0.717, 1.165) is 0 Å². The van der Waals surface area contributed by atoms with Crippen molar-refractivity contribution >= 4 is 5.78 Å². The molecule has 130 valence electrons. The Morgan fingerprint density at radius 1 is 1.35 bits per heavy atom. The highest BCUT2D eigenvalue weighted by Crippen LogP contribution is 2.70. The van der Waals surface area contributed by atoms with Crippen molar-refractivity contribution in [2.24, 2.45) is 10.8 Å². The van der Waals surface area contributed by atoms with E-state index in [1.165, 1.54) is 0 Å². The van der Waals surface area contributed by atoms with Crippen molar-refractivity contribution in [3.05, 3.63) is 11.6 Å². The molecule has 1 saturated carbocycles. The highest BCUT2D eigenvalue weighted by atomic mass is 16.6. The Labute approximate surface area is 132 Å². The number of Topliss-reactive ketones (excluding diaryl/α,β-unsaturated/α-hetero) is 1. The SMILES string of the molecule is CC1=C[C@H]2O[C@@H]3[C@H](O)[C@@H](O)[C@](C)([C@@]2(CO)[C@H](O)C1=O)[C@]31CO1.O. The fraction of sp³-hybridized carbons (Fsp3) is 0.800. The van der Waals surface area contributed by atoms with Crippen LogP contribution in [0.5, 0.6) is 0 Å². The van der Waals surface area contributed by atoms with E-state index >= 15 is 0 Å². The van der Waals surface area contributed by atoms with Crippen LogP contribution in [0.3, 0.4) is 0 Å². The molecule has 0 aromatic rings. The van der Waals surface area contributed by atoms with E-state index in [-0.39, 0.29) is 12.1 Å². The first-order valence-electron chi connectivity index (χ1n) is 7.45. The van der Waals surface area contributed by atoms with Gasteiger partial charge in [-0.15, -0.1) is 0 Å². The highest BCUT2D eigenvalue weighted by molar-refractivity contribution is 6.00. The lowest BCUT2D eigenvalue weighted by atomic mass is 9.50.